The van der Waals surface area contributed by atoms with Crippen LogP contribution in [0.15, 0.2) is 45.6 Å². The van der Waals surface area contributed by atoms with Crippen molar-refractivity contribution in [2.24, 2.45) is 15.2 Å². The van der Waals surface area contributed by atoms with Gasteiger partial charge in [-0.25, -0.2) is 4.79 Å². The van der Waals surface area contributed by atoms with E-state index >= 15 is 0 Å². The van der Waals surface area contributed by atoms with E-state index in [0.29, 0.717) is 5.69 Å². The van der Waals surface area contributed by atoms with Crippen LogP contribution in [0.4, 0.5) is 5.69 Å². The maximum Gasteiger partial charge on any atom is 0.359 e. The lowest BCUT2D eigenvalue weighted by Gasteiger charge is -2.14. The molecule has 1 rings (SSSR count). The highest BCUT2D eigenvalue weighted by molar-refractivity contribution is 7.78. The van der Waals surface area contributed by atoms with E-state index < -0.39 is 11.6 Å². The first kappa shape index (κ1) is 14.2. The van der Waals surface area contributed by atoms with Gasteiger partial charge in [0.05, 0.1) is 17.5 Å². The van der Waals surface area contributed by atoms with Crippen molar-refractivity contribution in [1.82, 2.24) is 0 Å². The van der Waals surface area contributed by atoms with Crippen LogP contribution in [0.3, 0.4) is 0 Å². The molecule has 0 aliphatic rings. The minimum atomic E-state index is -1.48. The molecule has 1 aromatic carbocycles. The molecule has 1 unspecified atom stereocenters. The van der Waals surface area contributed by atoms with Gasteiger partial charge >= 0.3 is 5.97 Å². The lowest BCUT2D eigenvalue weighted by molar-refractivity contribution is -0.148. The standard InChI is InChI=1S/C12H13N3O2S/c1-3-17-11(16)12(2,13-9-18)15-14-10-7-5-4-6-8-10/h4-8H,3H2,1-2H3. The minimum absolute atomic E-state index is 0.238. The summed E-state index contributed by atoms with van der Waals surface area (Å²) in [7, 11) is 0. The highest BCUT2D eigenvalue weighted by Crippen LogP contribution is 2.19. The Morgan fingerprint density at radius 3 is 2.67 bits per heavy atom. The average Bonchev–Trinajstić information content (AvgIpc) is 2.38. The highest BCUT2D eigenvalue weighted by Gasteiger charge is 2.34. The van der Waals surface area contributed by atoms with Crippen molar-refractivity contribution >= 4 is 29.0 Å². The van der Waals surface area contributed by atoms with Crippen molar-refractivity contribution in [2.45, 2.75) is 19.5 Å². The first-order chi connectivity index (χ1) is 8.62. The summed E-state index contributed by atoms with van der Waals surface area (Å²) in [5.74, 6) is -0.609. The minimum Gasteiger partial charge on any atom is -0.463 e. The molecular formula is C12H13N3O2S. The Morgan fingerprint density at radius 2 is 2.11 bits per heavy atom. The van der Waals surface area contributed by atoms with Gasteiger partial charge in [-0.05, 0) is 38.2 Å². The number of benzene rings is 1. The molecule has 94 valence electrons. The second kappa shape index (κ2) is 6.74. The van der Waals surface area contributed by atoms with Gasteiger partial charge in [-0.2, -0.15) is 10.1 Å². The van der Waals surface area contributed by atoms with Crippen molar-refractivity contribution in [3.05, 3.63) is 30.3 Å². The second-order valence-electron chi connectivity index (χ2n) is 3.48. The van der Waals surface area contributed by atoms with E-state index in [0.717, 1.165) is 0 Å². The number of carbonyl (C=O) groups is 1. The molecule has 1 atom stereocenters. The van der Waals surface area contributed by atoms with Crippen molar-refractivity contribution < 1.29 is 9.53 Å². The molecule has 0 aliphatic carbocycles. The van der Waals surface area contributed by atoms with E-state index in [1.165, 1.54) is 6.92 Å². The van der Waals surface area contributed by atoms with Crippen molar-refractivity contribution in [2.75, 3.05) is 6.61 Å². The molecule has 0 bridgehead atoms. The summed E-state index contributed by atoms with van der Waals surface area (Å²) in [6.45, 7) is 3.41. The number of nitrogens with zero attached hydrogens (tertiary/aromatic N) is 3. The van der Waals surface area contributed by atoms with Crippen LogP contribution in [0.5, 0.6) is 0 Å². The third-order valence-corrected chi connectivity index (χ3v) is 2.13. The van der Waals surface area contributed by atoms with E-state index in [9.17, 15) is 4.79 Å². The van der Waals surface area contributed by atoms with Gasteiger partial charge in [0.1, 0.15) is 0 Å². The molecule has 18 heavy (non-hydrogen) atoms. The summed E-state index contributed by atoms with van der Waals surface area (Å²) in [4.78, 5) is 15.4. The number of rotatable bonds is 5. The highest BCUT2D eigenvalue weighted by atomic mass is 32.1. The maximum absolute atomic E-state index is 11.7. The molecule has 0 radical (unpaired) electrons. The summed E-state index contributed by atoms with van der Waals surface area (Å²) >= 11 is 4.51. The van der Waals surface area contributed by atoms with Gasteiger partial charge in [-0.15, -0.1) is 5.11 Å². The molecule has 0 saturated heterocycles. The zero-order valence-corrected chi connectivity index (χ0v) is 11.0. The van der Waals surface area contributed by atoms with Crippen LogP contribution in [0.1, 0.15) is 13.8 Å². The monoisotopic (exact) mass is 263 g/mol. The van der Waals surface area contributed by atoms with Crippen LogP contribution in [-0.2, 0) is 9.53 Å². The van der Waals surface area contributed by atoms with Gasteiger partial charge in [-0.1, -0.05) is 18.2 Å². The normalized spacial score (nSPS) is 13.7. The average molecular weight is 263 g/mol. The van der Waals surface area contributed by atoms with Gasteiger partial charge in [0.2, 0.25) is 0 Å². The number of isothiocyanates is 1. The van der Waals surface area contributed by atoms with E-state index in [2.05, 4.69) is 32.6 Å². The lowest BCUT2D eigenvalue weighted by atomic mass is 10.2. The molecule has 0 saturated carbocycles. The Kier molecular flexibility index (Phi) is 5.30. The van der Waals surface area contributed by atoms with E-state index in [-0.39, 0.29) is 6.61 Å². The molecule has 1 aromatic rings. The zero-order chi connectivity index (χ0) is 13.4. The first-order valence-corrected chi connectivity index (χ1v) is 5.77. The smallest absolute Gasteiger partial charge is 0.359 e. The number of carbonyl (C=O) groups excluding carboxylic acids is 1. The van der Waals surface area contributed by atoms with Crippen molar-refractivity contribution in [1.29, 1.82) is 0 Å². The predicted molar refractivity (Wildman–Crippen MR) is 71.0 cm³/mol. The maximum atomic E-state index is 11.7. The third-order valence-electron chi connectivity index (χ3n) is 2.04. The molecule has 0 N–H and O–H groups in total. The Balaban J connectivity index is 2.96. The number of aliphatic imine (C=N–C) groups is 1. The number of thiocarbonyl (C=S) groups is 1. The van der Waals surface area contributed by atoms with Crippen molar-refractivity contribution in [3.8, 4) is 0 Å². The molecule has 0 fully saturated rings. The Labute approximate surface area is 111 Å². The molecule has 0 aliphatic heterocycles. The van der Waals surface area contributed by atoms with Crippen LogP contribution in [0.25, 0.3) is 0 Å². The Bertz CT molecular complexity index is 483. The lowest BCUT2D eigenvalue weighted by Crippen LogP contribution is -2.32. The van der Waals surface area contributed by atoms with Crippen molar-refractivity contribution in [3.63, 3.8) is 0 Å². The van der Waals surface area contributed by atoms with Gasteiger partial charge in [0.25, 0.3) is 5.66 Å². The number of azo groups is 1. The first-order valence-electron chi connectivity index (χ1n) is 5.36. The summed E-state index contributed by atoms with van der Waals surface area (Å²) in [5, 5.41) is 9.97. The zero-order valence-electron chi connectivity index (χ0n) is 10.2. The number of hydrogen-bond donors (Lipinski definition) is 0. The van der Waals surface area contributed by atoms with E-state index in [1.807, 2.05) is 18.2 Å². The van der Waals surface area contributed by atoms with Crippen LogP contribution in [0, 0.1) is 0 Å². The summed E-state index contributed by atoms with van der Waals surface area (Å²) in [6.07, 6.45) is 0. The van der Waals surface area contributed by atoms with Crippen LogP contribution < -0.4 is 0 Å². The topological polar surface area (TPSA) is 63.4 Å². The molecule has 0 heterocycles. The summed E-state index contributed by atoms with van der Waals surface area (Å²) in [5.41, 5.74) is -0.860. The van der Waals surface area contributed by atoms with Gasteiger partial charge in [0, 0.05) is 0 Å². The third kappa shape index (κ3) is 3.84. The fourth-order valence-corrected chi connectivity index (χ4v) is 1.29. The van der Waals surface area contributed by atoms with Gasteiger partial charge in [-0.3, -0.25) is 0 Å². The van der Waals surface area contributed by atoms with E-state index in [4.69, 9.17) is 4.74 Å². The van der Waals surface area contributed by atoms with Gasteiger partial charge < -0.3 is 4.74 Å². The fraction of sp³-hybridized carbons (Fsp3) is 0.333. The molecule has 5 nitrogen and oxygen atoms in total. The van der Waals surface area contributed by atoms with E-state index in [1.54, 1.807) is 19.1 Å². The fourth-order valence-electron chi connectivity index (χ4n) is 1.12. The largest absolute Gasteiger partial charge is 0.463 e. The number of ether oxygens (including phenoxy) is 1. The quantitative estimate of drug-likeness (QED) is 0.355. The molecule has 6 heteroatoms. The summed E-state index contributed by atoms with van der Waals surface area (Å²) < 4.78 is 4.88. The number of hydrogen-bond acceptors (Lipinski definition) is 6. The second-order valence-corrected chi connectivity index (χ2v) is 3.66. The SMILES string of the molecule is CCOC(=O)C(C)(N=C=S)N=Nc1ccccc1. The molecular weight excluding hydrogens is 250 g/mol. The molecule has 0 amide bonds. The summed E-state index contributed by atoms with van der Waals surface area (Å²) in [6, 6.07) is 9.02. The molecule has 0 spiro atoms. The number of esters is 1. The molecule has 0 aromatic heterocycles. The van der Waals surface area contributed by atoms with Gasteiger partial charge in [0.15, 0.2) is 0 Å². The van der Waals surface area contributed by atoms with Crippen LogP contribution in [-0.4, -0.2) is 23.4 Å². The Hall–Kier alpha value is -1.91. The Morgan fingerprint density at radius 1 is 1.44 bits per heavy atom. The predicted octanol–water partition coefficient (Wildman–Crippen LogP) is 3.15. The van der Waals surface area contributed by atoms with Crippen LogP contribution in [0.2, 0.25) is 0 Å². The van der Waals surface area contributed by atoms with Crippen LogP contribution >= 0.6 is 12.2 Å².